The molecule has 1 atom stereocenters. The summed E-state index contributed by atoms with van der Waals surface area (Å²) < 4.78 is 1.64. The summed E-state index contributed by atoms with van der Waals surface area (Å²) in [5, 5.41) is 17.8. The lowest BCUT2D eigenvalue weighted by molar-refractivity contribution is -0.385. The van der Waals surface area contributed by atoms with Gasteiger partial charge in [0.25, 0.3) is 5.69 Å². The number of aromatic nitrogens is 3. The zero-order valence-electron chi connectivity index (χ0n) is 11.8. The molecule has 1 amide bonds. The molecule has 1 unspecified atom stereocenters. The molecule has 0 spiro atoms. The van der Waals surface area contributed by atoms with Crippen LogP contribution in [0.15, 0.2) is 30.7 Å². The molecule has 22 heavy (non-hydrogen) atoms. The predicted octanol–water partition coefficient (Wildman–Crippen LogP) is 0.941. The number of nitrogens with one attached hydrogen (secondary N) is 1. The van der Waals surface area contributed by atoms with Gasteiger partial charge in [0.05, 0.1) is 22.8 Å². The highest BCUT2D eigenvalue weighted by Gasteiger charge is 2.31. The number of nitrogens with zero attached hydrogens (tertiary/aromatic N) is 5. The Morgan fingerprint density at radius 2 is 2.23 bits per heavy atom. The van der Waals surface area contributed by atoms with E-state index in [1.165, 1.54) is 18.3 Å². The number of aryl methyl sites for hydroxylation is 1. The Labute approximate surface area is 125 Å². The highest BCUT2D eigenvalue weighted by molar-refractivity contribution is 5.96. The molecule has 3 rings (SSSR count). The minimum absolute atomic E-state index is 0.00686. The monoisotopic (exact) mass is 302 g/mol. The first-order valence-electron chi connectivity index (χ1n) is 6.69. The maximum absolute atomic E-state index is 12.1. The fourth-order valence-electron chi connectivity index (χ4n) is 2.39. The van der Waals surface area contributed by atoms with Crippen LogP contribution >= 0.6 is 0 Å². The molecule has 2 aromatic rings. The number of anilines is 2. The van der Waals surface area contributed by atoms with Gasteiger partial charge in [-0.2, -0.15) is 5.10 Å². The first kappa shape index (κ1) is 14.0. The van der Waals surface area contributed by atoms with Gasteiger partial charge in [0.1, 0.15) is 12.0 Å². The molecule has 0 radical (unpaired) electrons. The summed E-state index contributed by atoms with van der Waals surface area (Å²) >= 11 is 0. The lowest BCUT2D eigenvalue weighted by Crippen LogP contribution is -2.27. The van der Waals surface area contributed by atoms with E-state index in [0.717, 1.165) is 5.69 Å². The van der Waals surface area contributed by atoms with E-state index in [4.69, 9.17) is 0 Å². The lowest BCUT2D eigenvalue weighted by Gasteiger charge is -2.15. The maximum Gasteiger partial charge on any atom is 0.287 e. The summed E-state index contributed by atoms with van der Waals surface area (Å²) in [6.45, 7) is 0.503. The Hall–Kier alpha value is -2.97. The summed E-state index contributed by atoms with van der Waals surface area (Å²) in [4.78, 5) is 27.8. The number of nitro groups is 1. The summed E-state index contributed by atoms with van der Waals surface area (Å²) in [6, 6.07) is 2.82. The van der Waals surface area contributed by atoms with Crippen molar-refractivity contribution in [2.45, 2.75) is 12.5 Å². The van der Waals surface area contributed by atoms with Crippen LogP contribution in [0.2, 0.25) is 0 Å². The van der Waals surface area contributed by atoms with Gasteiger partial charge >= 0.3 is 0 Å². The van der Waals surface area contributed by atoms with E-state index in [1.807, 2.05) is 0 Å². The Bertz CT molecular complexity index is 711. The van der Waals surface area contributed by atoms with Crippen molar-refractivity contribution < 1.29 is 9.72 Å². The topological polar surface area (TPSA) is 106 Å². The Morgan fingerprint density at radius 3 is 2.82 bits per heavy atom. The van der Waals surface area contributed by atoms with Gasteiger partial charge < -0.3 is 10.2 Å². The van der Waals surface area contributed by atoms with Crippen molar-refractivity contribution in [1.82, 2.24) is 14.8 Å². The number of pyridine rings is 1. The number of amides is 1. The average molecular weight is 302 g/mol. The fraction of sp³-hybridized carbons (Fsp3) is 0.308. The van der Waals surface area contributed by atoms with Crippen LogP contribution in [-0.2, 0) is 11.8 Å². The van der Waals surface area contributed by atoms with E-state index >= 15 is 0 Å². The molecule has 114 valence electrons. The molecule has 0 bridgehead atoms. The van der Waals surface area contributed by atoms with Gasteiger partial charge in [-0.05, 0) is 6.07 Å². The van der Waals surface area contributed by atoms with Gasteiger partial charge in [0, 0.05) is 32.3 Å². The number of carbonyl (C=O) groups is 1. The molecule has 1 saturated heterocycles. The third-order valence-corrected chi connectivity index (χ3v) is 3.44. The van der Waals surface area contributed by atoms with Crippen molar-refractivity contribution in [2.24, 2.45) is 7.05 Å². The van der Waals surface area contributed by atoms with E-state index in [2.05, 4.69) is 15.4 Å². The van der Waals surface area contributed by atoms with Crippen LogP contribution in [0, 0.1) is 10.1 Å². The zero-order valence-corrected chi connectivity index (χ0v) is 11.8. The van der Waals surface area contributed by atoms with Crippen LogP contribution in [-0.4, -0.2) is 38.2 Å². The van der Waals surface area contributed by atoms with Crippen LogP contribution in [0.5, 0.6) is 0 Å². The van der Waals surface area contributed by atoms with Gasteiger partial charge in [0.2, 0.25) is 5.91 Å². The van der Waals surface area contributed by atoms with Crippen molar-refractivity contribution in [3.8, 4) is 0 Å². The zero-order chi connectivity index (χ0) is 15.7. The lowest BCUT2D eigenvalue weighted by atomic mass is 10.2. The van der Waals surface area contributed by atoms with Crippen molar-refractivity contribution in [3.63, 3.8) is 0 Å². The van der Waals surface area contributed by atoms with Gasteiger partial charge in [0.15, 0.2) is 0 Å². The van der Waals surface area contributed by atoms with Crippen molar-refractivity contribution >= 4 is 23.1 Å². The molecule has 9 heteroatoms. The van der Waals surface area contributed by atoms with Crippen LogP contribution < -0.4 is 10.2 Å². The molecule has 3 heterocycles. The minimum Gasteiger partial charge on any atom is -0.365 e. The van der Waals surface area contributed by atoms with Crippen LogP contribution in [0.4, 0.5) is 17.2 Å². The number of hydrogen-bond donors (Lipinski definition) is 1. The quantitative estimate of drug-likeness (QED) is 0.665. The molecule has 1 aliphatic rings. The van der Waals surface area contributed by atoms with Crippen LogP contribution in [0.1, 0.15) is 6.42 Å². The predicted molar refractivity (Wildman–Crippen MR) is 78.5 cm³/mol. The van der Waals surface area contributed by atoms with Crippen molar-refractivity contribution in [1.29, 1.82) is 0 Å². The van der Waals surface area contributed by atoms with E-state index in [9.17, 15) is 14.9 Å². The molecule has 0 aliphatic carbocycles. The smallest absolute Gasteiger partial charge is 0.287 e. The third kappa shape index (κ3) is 2.73. The second-order valence-corrected chi connectivity index (χ2v) is 5.08. The third-order valence-electron chi connectivity index (χ3n) is 3.44. The number of hydrogen-bond acceptors (Lipinski definition) is 6. The van der Waals surface area contributed by atoms with E-state index < -0.39 is 4.92 Å². The van der Waals surface area contributed by atoms with Gasteiger partial charge in [-0.25, -0.2) is 4.98 Å². The number of rotatable bonds is 4. The Morgan fingerprint density at radius 1 is 1.41 bits per heavy atom. The Balaban J connectivity index is 1.67. The fourth-order valence-corrected chi connectivity index (χ4v) is 2.39. The molecule has 1 N–H and O–H groups in total. The summed E-state index contributed by atoms with van der Waals surface area (Å²) in [6.07, 6.45) is 4.96. The number of carbonyl (C=O) groups excluding carboxylic acids is 1. The molecule has 0 saturated carbocycles. The van der Waals surface area contributed by atoms with E-state index in [0.29, 0.717) is 18.8 Å². The summed E-state index contributed by atoms with van der Waals surface area (Å²) in [5.41, 5.74) is 0.693. The van der Waals surface area contributed by atoms with E-state index in [1.54, 1.807) is 29.0 Å². The normalized spacial score (nSPS) is 17.8. The molecule has 9 nitrogen and oxygen atoms in total. The second-order valence-electron chi connectivity index (χ2n) is 5.08. The van der Waals surface area contributed by atoms with Crippen LogP contribution in [0.3, 0.4) is 0 Å². The first-order chi connectivity index (χ1) is 10.5. The minimum atomic E-state index is -0.500. The Kier molecular flexibility index (Phi) is 3.45. The highest BCUT2D eigenvalue weighted by atomic mass is 16.6. The van der Waals surface area contributed by atoms with Crippen LogP contribution in [0.25, 0.3) is 0 Å². The van der Waals surface area contributed by atoms with Crippen molar-refractivity contribution in [2.75, 3.05) is 16.8 Å². The molecular weight excluding hydrogens is 288 g/mol. The summed E-state index contributed by atoms with van der Waals surface area (Å²) in [7, 11) is 1.79. The van der Waals surface area contributed by atoms with Gasteiger partial charge in [-0.15, -0.1) is 0 Å². The van der Waals surface area contributed by atoms with Gasteiger partial charge in [-0.3, -0.25) is 19.6 Å². The summed E-state index contributed by atoms with van der Waals surface area (Å²) in [5.74, 6) is 0.517. The highest BCUT2D eigenvalue weighted by Crippen LogP contribution is 2.23. The van der Waals surface area contributed by atoms with Gasteiger partial charge in [-0.1, -0.05) is 0 Å². The first-order valence-corrected chi connectivity index (χ1v) is 6.69. The molecule has 2 aromatic heterocycles. The van der Waals surface area contributed by atoms with Crippen molar-refractivity contribution in [3.05, 3.63) is 40.8 Å². The molecule has 1 fully saturated rings. The molecular formula is C13H14N6O3. The molecule has 0 aromatic carbocycles. The largest absolute Gasteiger partial charge is 0.365 e. The second kappa shape index (κ2) is 5.43. The maximum atomic E-state index is 12.1. The van der Waals surface area contributed by atoms with E-state index in [-0.39, 0.29) is 17.6 Å². The standard InChI is InChI=1S/C13H14N6O3/c1-17-8-11(6-15-17)18-7-9(4-13(18)20)16-12-3-2-10(5-14-12)19(21)22/h2-3,5-6,8-9H,4,7H2,1H3,(H,14,16). The average Bonchev–Trinajstić information content (AvgIpc) is 3.05. The molecule has 1 aliphatic heterocycles. The SMILES string of the molecule is Cn1cc(N2CC(Nc3ccc([N+](=O)[O-])cn3)CC2=O)cn1.